The molecule has 0 N–H and O–H groups in total. The lowest BCUT2D eigenvalue weighted by atomic mass is 9.68. The summed E-state index contributed by atoms with van der Waals surface area (Å²) in [6, 6.07) is 85.8. The van der Waals surface area contributed by atoms with Gasteiger partial charge in [-0.15, -0.1) is 0 Å². The summed E-state index contributed by atoms with van der Waals surface area (Å²) in [6.07, 6.45) is 0. The monoisotopic (exact) mass is 867 g/mol. The molecular formula is C67H45N. The van der Waals surface area contributed by atoms with E-state index in [1.807, 2.05) is 47.4 Å². The molecule has 0 saturated heterocycles. The average molecular weight is 868 g/mol. The lowest BCUT2D eigenvalue weighted by Gasteiger charge is -2.34. The minimum Gasteiger partial charge on any atom is -0.310 e. The SMILES string of the molecule is [2H]c1c([2H])c(N(c2ccc(-c3cc4ccccc4c4ccccc34)cc2)c2cccc3c2-c2ccccc2C3(c2ccccc2)c2ccccc2)c([2H])c([2H])c1-c1cccc(-c2cccc3ccccc23)c1. The molecule has 0 fully saturated rings. The highest BCUT2D eigenvalue weighted by Gasteiger charge is 2.47. The van der Waals surface area contributed by atoms with Crippen LogP contribution in [0.2, 0.25) is 0 Å². The van der Waals surface area contributed by atoms with E-state index in [0.29, 0.717) is 11.3 Å². The lowest BCUT2D eigenvalue weighted by Crippen LogP contribution is -2.28. The third-order valence-electron chi connectivity index (χ3n) is 14.0. The third-order valence-corrected chi connectivity index (χ3v) is 14.0. The van der Waals surface area contributed by atoms with Gasteiger partial charge in [-0.3, -0.25) is 0 Å². The first kappa shape index (κ1) is 35.5. The maximum atomic E-state index is 10.1. The Bertz CT molecular complexity index is 4020. The molecule has 0 bridgehead atoms. The molecule has 0 radical (unpaired) electrons. The summed E-state index contributed by atoms with van der Waals surface area (Å²) in [7, 11) is 0. The predicted molar refractivity (Wildman–Crippen MR) is 287 cm³/mol. The quantitative estimate of drug-likeness (QED) is 0.138. The number of fused-ring (bicyclic) bond motifs is 7. The van der Waals surface area contributed by atoms with Crippen molar-refractivity contribution < 1.29 is 5.48 Å². The van der Waals surface area contributed by atoms with Gasteiger partial charge in [-0.25, -0.2) is 0 Å². The van der Waals surface area contributed by atoms with Gasteiger partial charge in [0.05, 0.1) is 16.6 Å². The van der Waals surface area contributed by atoms with Gasteiger partial charge in [0.15, 0.2) is 0 Å². The number of rotatable bonds is 8. The molecule has 0 unspecified atom stereocenters. The van der Waals surface area contributed by atoms with E-state index in [1.54, 1.807) is 0 Å². The van der Waals surface area contributed by atoms with Crippen LogP contribution in [0.1, 0.15) is 27.7 Å². The van der Waals surface area contributed by atoms with Gasteiger partial charge in [-0.2, -0.15) is 0 Å². The fraction of sp³-hybridized carbons (Fsp3) is 0.0149. The molecule has 0 atom stereocenters. The van der Waals surface area contributed by atoms with E-state index in [-0.39, 0.29) is 35.4 Å². The molecule has 1 heteroatoms. The Hall–Kier alpha value is -8.78. The van der Waals surface area contributed by atoms with Crippen molar-refractivity contribution in [3.8, 4) is 44.5 Å². The second kappa shape index (κ2) is 16.3. The topological polar surface area (TPSA) is 3.24 Å². The minimum absolute atomic E-state index is 0.110. The third kappa shape index (κ3) is 6.32. The normalized spacial score (nSPS) is 13.4. The molecule has 68 heavy (non-hydrogen) atoms. The van der Waals surface area contributed by atoms with Crippen molar-refractivity contribution in [2.75, 3.05) is 4.90 Å². The predicted octanol–water partition coefficient (Wildman–Crippen LogP) is 18.0. The Labute approximate surface area is 403 Å². The van der Waals surface area contributed by atoms with Gasteiger partial charge in [-0.05, 0) is 136 Å². The molecule has 0 aromatic heterocycles. The summed E-state index contributed by atoms with van der Waals surface area (Å²) in [5.74, 6) is 0. The van der Waals surface area contributed by atoms with Crippen LogP contribution in [-0.4, -0.2) is 0 Å². The summed E-state index contributed by atoms with van der Waals surface area (Å²) >= 11 is 0. The number of nitrogens with zero attached hydrogens (tertiary/aromatic N) is 1. The summed E-state index contributed by atoms with van der Waals surface area (Å²) < 4.78 is 39.9. The molecule has 318 valence electrons. The Kier molecular flexibility index (Phi) is 8.49. The van der Waals surface area contributed by atoms with Crippen molar-refractivity contribution in [3.63, 3.8) is 0 Å². The van der Waals surface area contributed by atoms with Crippen molar-refractivity contribution in [1.29, 1.82) is 0 Å². The van der Waals surface area contributed by atoms with Gasteiger partial charge in [0.2, 0.25) is 0 Å². The molecule has 0 spiro atoms. The molecule has 12 aromatic carbocycles. The smallest absolute Gasteiger partial charge is 0.0714 e. The van der Waals surface area contributed by atoms with Gasteiger partial charge in [0, 0.05) is 16.9 Å². The average Bonchev–Trinajstić information content (AvgIpc) is 3.75. The Morgan fingerprint density at radius 1 is 0.309 bits per heavy atom. The van der Waals surface area contributed by atoms with E-state index >= 15 is 0 Å². The highest BCUT2D eigenvalue weighted by Crippen LogP contribution is 2.59. The van der Waals surface area contributed by atoms with Crippen LogP contribution < -0.4 is 4.90 Å². The van der Waals surface area contributed by atoms with E-state index in [9.17, 15) is 5.48 Å². The number of hydrogen-bond acceptors (Lipinski definition) is 1. The Morgan fingerprint density at radius 3 is 1.63 bits per heavy atom. The second-order valence-electron chi connectivity index (χ2n) is 17.6. The van der Waals surface area contributed by atoms with E-state index < -0.39 is 5.41 Å². The van der Waals surface area contributed by atoms with E-state index in [4.69, 9.17) is 0 Å². The first-order chi connectivity index (χ1) is 35.4. The molecule has 0 saturated carbocycles. The van der Waals surface area contributed by atoms with E-state index in [2.05, 4.69) is 206 Å². The summed E-state index contributed by atoms with van der Waals surface area (Å²) in [4.78, 5) is 1.97. The maximum Gasteiger partial charge on any atom is 0.0714 e. The molecule has 0 amide bonds. The van der Waals surface area contributed by atoms with Crippen LogP contribution in [0.3, 0.4) is 0 Å². The van der Waals surface area contributed by atoms with Crippen LogP contribution in [0.5, 0.6) is 0 Å². The number of hydrogen-bond donors (Lipinski definition) is 0. The highest BCUT2D eigenvalue weighted by atomic mass is 15.1. The van der Waals surface area contributed by atoms with Crippen LogP contribution in [0.15, 0.2) is 273 Å². The standard InChI is InChI=1S/C67H45N/c1-3-23-52(24-4-1)67(53-25-5-2-6-26-53)63-33-14-13-31-61(63)66-64(67)34-17-35-65(66)68(55-42-38-48(39-43-55)62-45-51-19-8-10-28-58(51)59-29-11-12-30-60(59)62)54-40-36-46(37-41-54)49-21-15-22-50(44-49)57-32-16-20-47-18-7-9-27-56(47)57/h1-45H/i36D,37D,40D,41D. The van der Waals surface area contributed by atoms with Crippen molar-refractivity contribution >= 4 is 49.4 Å². The first-order valence-electron chi connectivity index (χ1n) is 25.3. The van der Waals surface area contributed by atoms with Gasteiger partial charge in [-0.1, -0.05) is 230 Å². The summed E-state index contributed by atoms with van der Waals surface area (Å²) in [5.41, 5.74) is 12.4. The summed E-state index contributed by atoms with van der Waals surface area (Å²) in [5, 5.41) is 6.90. The molecule has 12 aromatic rings. The van der Waals surface area contributed by atoms with Crippen molar-refractivity contribution in [2.24, 2.45) is 0 Å². The molecular weight excluding hydrogens is 819 g/mol. The molecule has 1 nitrogen and oxygen atoms in total. The van der Waals surface area contributed by atoms with E-state index in [1.165, 1.54) is 10.8 Å². The Balaban J connectivity index is 1.05. The van der Waals surface area contributed by atoms with Gasteiger partial charge >= 0.3 is 0 Å². The molecule has 0 aliphatic heterocycles. The highest BCUT2D eigenvalue weighted by molar-refractivity contribution is 6.14. The zero-order valence-corrected chi connectivity index (χ0v) is 37.1. The van der Waals surface area contributed by atoms with Gasteiger partial charge in [0.1, 0.15) is 0 Å². The van der Waals surface area contributed by atoms with Crippen LogP contribution in [-0.2, 0) is 5.41 Å². The largest absolute Gasteiger partial charge is 0.310 e. The van der Waals surface area contributed by atoms with Crippen molar-refractivity contribution in [3.05, 3.63) is 295 Å². The van der Waals surface area contributed by atoms with Crippen LogP contribution in [0, 0.1) is 0 Å². The Morgan fingerprint density at radius 2 is 0.868 bits per heavy atom. The number of anilines is 3. The summed E-state index contributed by atoms with van der Waals surface area (Å²) in [6.45, 7) is 0. The first-order valence-corrected chi connectivity index (χ1v) is 23.3. The molecule has 0 heterocycles. The second-order valence-corrected chi connectivity index (χ2v) is 17.6. The van der Waals surface area contributed by atoms with Crippen molar-refractivity contribution in [1.82, 2.24) is 0 Å². The van der Waals surface area contributed by atoms with Crippen molar-refractivity contribution in [2.45, 2.75) is 5.41 Å². The van der Waals surface area contributed by atoms with Gasteiger partial charge < -0.3 is 4.90 Å². The minimum atomic E-state index is -0.704. The fourth-order valence-electron chi connectivity index (χ4n) is 11.0. The number of benzene rings is 12. The van der Waals surface area contributed by atoms with Crippen LogP contribution >= 0.6 is 0 Å². The molecule has 13 rings (SSSR count). The van der Waals surface area contributed by atoms with Gasteiger partial charge in [0.25, 0.3) is 0 Å². The van der Waals surface area contributed by atoms with E-state index in [0.717, 1.165) is 82.9 Å². The van der Waals surface area contributed by atoms with Crippen LogP contribution in [0.25, 0.3) is 76.8 Å². The fourth-order valence-corrected chi connectivity index (χ4v) is 11.0. The maximum absolute atomic E-state index is 10.1. The lowest BCUT2D eigenvalue weighted by molar-refractivity contribution is 0.768. The zero-order chi connectivity index (χ0) is 48.5. The van der Waals surface area contributed by atoms with Crippen LogP contribution in [0.4, 0.5) is 17.1 Å². The molecule has 1 aliphatic carbocycles. The zero-order valence-electron chi connectivity index (χ0n) is 41.1. The molecule has 1 aliphatic rings.